The van der Waals surface area contributed by atoms with Crippen molar-refractivity contribution in [3.05, 3.63) is 35.6 Å². The minimum absolute atomic E-state index is 0.279. The molecule has 2 heteroatoms. The number of fused-ring (bicyclic) bond motifs is 1. The van der Waals surface area contributed by atoms with Crippen molar-refractivity contribution in [2.75, 3.05) is 0 Å². The van der Waals surface area contributed by atoms with Gasteiger partial charge >= 0.3 is 0 Å². The van der Waals surface area contributed by atoms with E-state index in [1.807, 2.05) is 6.08 Å². The Balaban J connectivity index is 2.32. The molecule has 0 radical (unpaired) electrons. The van der Waals surface area contributed by atoms with Gasteiger partial charge in [0.25, 0.3) is 0 Å². The van der Waals surface area contributed by atoms with Gasteiger partial charge in [0.15, 0.2) is 5.83 Å². The first-order valence-corrected chi connectivity index (χ1v) is 3.80. The highest BCUT2D eigenvalue weighted by Gasteiger charge is 2.14. The summed E-state index contributed by atoms with van der Waals surface area (Å²) in [5, 5.41) is 0. The summed E-state index contributed by atoms with van der Waals surface area (Å²) < 4.78 is 17.6. The van der Waals surface area contributed by atoms with Crippen LogP contribution >= 0.6 is 0 Å². The van der Waals surface area contributed by atoms with Crippen LogP contribution in [0.5, 0.6) is 0 Å². The summed E-state index contributed by atoms with van der Waals surface area (Å²) >= 11 is 0. The molecular weight excluding hydrogens is 143 g/mol. The van der Waals surface area contributed by atoms with Crippen molar-refractivity contribution in [3.63, 3.8) is 0 Å². The Bertz CT molecular complexity index is 261. The molecule has 0 aromatic rings. The third kappa shape index (κ3) is 1.20. The van der Waals surface area contributed by atoms with E-state index in [1.54, 1.807) is 6.08 Å². The predicted molar refractivity (Wildman–Crippen MR) is 40.3 cm³/mol. The van der Waals surface area contributed by atoms with Crippen LogP contribution in [0.15, 0.2) is 35.6 Å². The first-order chi connectivity index (χ1) is 5.36. The van der Waals surface area contributed by atoms with Crippen LogP contribution < -0.4 is 0 Å². The van der Waals surface area contributed by atoms with E-state index in [4.69, 9.17) is 4.74 Å². The highest BCUT2D eigenvalue weighted by atomic mass is 19.1. The Kier molecular flexibility index (Phi) is 1.53. The van der Waals surface area contributed by atoms with E-state index >= 15 is 0 Å². The van der Waals surface area contributed by atoms with Gasteiger partial charge in [-0.05, 0) is 37.0 Å². The maximum atomic E-state index is 12.6. The predicted octanol–water partition coefficient (Wildman–Crippen LogP) is 2.82. The Morgan fingerprint density at radius 1 is 1.45 bits per heavy atom. The van der Waals surface area contributed by atoms with Crippen molar-refractivity contribution >= 4 is 0 Å². The maximum Gasteiger partial charge on any atom is 0.158 e. The molecule has 0 saturated carbocycles. The molecular formula is C9H9FO. The minimum atomic E-state index is -0.279. The Labute approximate surface area is 64.9 Å². The molecule has 0 amide bonds. The number of hydrogen-bond acceptors (Lipinski definition) is 1. The maximum absolute atomic E-state index is 12.6. The van der Waals surface area contributed by atoms with E-state index in [0.29, 0.717) is 0 Å². The first-order valence-electron chi connectivity index (χ1n) is 3.80. The van der Waals surface area contributed by atoms with E-state index in [2.05, 4.69) is 0 Å². The lowest BCUT2D eigenvalue weighted by Gasteiger charge is -2.18. The fourth-order valence-electron chi connectivity index (χ4n) is 1.37. The number of ether oxygens (including phenoxy) is 1. The average Bonchev–Trinajstić information content (AvgIpc) is 2.04. The molecule has 0 N–H and O–H groups in total. The van der Waals surface area contributed by atoms with Gasteiger partial charge in [-0.1, -0.05) is 0 Å². The third-order valence-corrected chi connectivity index (χ3v) is 1.91. The van der Waals surface area contributed by atoms with Crippen molar-refractivity contribution in [3.8, 4) is 0 Å². The van der Waals surface area contributed by atoms with Gasteiger partial charge in [-0.25, -0.2) is 4.39 Å². The van der Waals surface area contributed by atoms with E-state index in [1.165, 1.54) is 0 Å². The Hall–Kier alpha value is -1.05. The molecule has 2 rings (SSSR count). The van der Waals surface area contributed by atoms with Crippen molar-refractivity contribution in [2.45, 2.75) is 19.3 Å². The van der Waals surface area contributed by atoms with Gasteiger partial charge in [0.05, 0.1) is 0 Å². The van der Waals surface area contributed by atoms with Gasteiger partial charge < -0.3 is 4.74 Å². The molecule has 0 aromatic heterocycles. The second-order valence-electron chi connectivity index (χ2n) is 2.75. The van der Waals surface area contributed by atoms with Crippen LogP contribution in [0.4, 0.5) is 4.39 Å². The lowest BCUT2D eigenvalue weighted by molar-refractivity contribution is 0.328. The van der Waals surface area contributed by atoms with E-state index < -0.39 is 0 Å². The summed E-state index contributed by atoms with van der Waals surface area (Å²) in [4.78, 5) is 0. The molecule has 0 aromatic carbocycles. The van der Waals surface area contributed by atoms with Crippen molar-refractivity contribution in [2.24, 2.45) is 0 Å². The number of allylic oxidation sites excluding steroid dienone is 4. The third-order valence-electron chi connectivity index (χ3n) is 1.91. The van der Waals surface area contributed by atoms with Gasteiger partial charge in [-0.15, -0.1) is 0 Å². The molecule has 11 heavy (non-hydrogen) atoms. The van der Waals surface area contributed by atoms with E-state index in [-0.39, 0.29) is 5.83 Å². The van der Waals surface area contributed by atoms with Crippen LogP contribution in [-0.4, -0.2) is 0 Å². The topological polar surface area (TPSA) is 9.23 Å². The monoisotopic (exact) mass is 152 g/mol. The molecule has 2 aliphatic rings. The lowest BCUT2D eigenvalue weighted by atomic mass is 9.99. The second kappa shape index (κ2) is 2.53. The Morgan fingerprint density at radius 2 is 2.36 bits per heavy atom. The molecule has 0 bridgehead atoms. The van der Waals surface area contributed by atoms with Gasteiger partial charge in [-0.2, -0.15) is 0 Å². The zero-order valence-electron chi connectivity index (χ0n) is 6.14. The summed E-state index contributed by atoms with van der Waals surface area (Å²) in [6.07, 6.45) is 7.80. The normalized spacial score (nSPS) is 22.5. The first kappa shape index (κ1) is 6.65. The molecule has 1 aliphatic heterocycles. The molecule has 0 unspecified atom stereocenters. The van der Waals surface area contributed by atoms with E-state index in [9.17, 15) is 4.39 Å². The fourth-order valence-corrected chi connectivity index (χ4v) is 1.37. The summed E-state index contributed by atoms with van der Waals surface area (Å²) in [5.41, 5.74) is 0.997. The zero-order chi connectivity index (χ0) is 7.68. The number of hydrogen-bond donors (Lipinski definition) is 0. The molecule has 1 nitrogen and oxygen atoms in total. The molecule has 0 saturated heterocycles. The summed E-state index contributed by atoms with van der Waals surface area (Å²) in [7, 11) is 0. The van der Waals surface area contributed by atoms with Crippen LogP contribution in [-0.2, 0) is 4.74 Å². The molecule has 1 aliphatic carbocycles. The summed E-state index contributed by atoms with van der Waals surface area (Å²) in [5.74, 6) is 0.566. The molecule has 0 fully saturated rings. The standard InChI is InChI=1S/C9H9FO/c10-8-5-7-3-1-2-4-9(7)11-6-8/h4-6H,1-3H2. The quantitative estimate of drug-likeness (QED) is 0.518. The smallest absolute Gasteiger partial charge is 0.158 e. The SMILES string of the molecule is FC1=COC2=CCCCC2=C1. The second-order valence-corrected chi connectivity index (χ2v) is 2.75. The summed E-state index contributed by atoms with van der Waals surface area (Å²) in [6, 6.07) is 0. The van der Waals surface area contributed by atoms with Crippen molar-refractivity contribution in [1.82, 2.24) is 0 Å². The summed E-state index contributed by atoms with van der Waals surface area (Å²) in [6.45, 7) is 0. The minimum Gasteiger partial charge on any atom is -0.462 e. The molecule has 1 heterocycles. The van der Waals surface area contributed by atoms with E-state index in [0.717, 1.165) is 36.9 Å². The van der Waals surface area contributed by atoms with Crippen molar-refractivity contribution in [1.29, 1.82) is 0 Å². The molecule has 0 spiro atoms. The van der Waals surface area contributed by atoms with Gasteiger partial charge in [-0.3, -0.25) is 0 Å². The van der Waals surface area contributed by atoms with Gasteiger partial charge in [0.1, 0.15) is 12.0 Å². The highest BCUT2D eigenvalue weighted by molar-refractivity contribution is 5.36. The largest absolute Gasteiger partial charge is 0.462 e. The molecule has 0 atom stereocenters. The van der Waals surface area contributed by atoms with Gasteiger partial charge in [0.2, 0.25) is 0 Å². The Morgan fingerprint density at radius 3 is 3.27 bits per heavy atom. The average molecular weight is 152 g/mol. The van der Waals surface area contributed by atoms with Crippen LogP contribution in [0.3, 0.4) is 0 Å². The van der Waals surface area contributed by atoms with Crippen LogP contribution in [0.1, 0.15) is 19.3 Å². The highest BCUT2D eigenvalue weighted by Crippen LogP contribution is 2.29. The lowest BCUT2D eigenvalue weighted by Crippen LogP contribution is -2.01. The fraction of sp³-hybridized carbons (Fsp3) is 0.333. The number of rotatable bonds is 0. The number of halogens is 1. The van der Waals surface area contributed by atoms with Gasteiger partial charge in [0, 0.05) is 0 Å². The molecule has 58 valence electrons. The van der Waals surface area contributed by atoms with Crippen LogP contribution in [0, 0.1) is 0 Å². The zero-order valence-corrected chi connectivity index (χ0v) is 6.14. The van der Waals surface area contributed by atoms with Crippen LogP contribution in [0.25, 0.3) is 0 Å². The van der Waals surface area contributed by atoms with Crippen molar-refractivity contribution < 1.29 is 9.13 Å². The van der Waals surface area contributed by atoms with Crippen LogP contribution in [0.2, 0.25) is 0 Å².